The molecule has 0 spiro atoms. The Hall–Kier alpha value is -2.94. The fourth-order valence-corrected chi connectivity index (χ4v) is 3.09. The fourth-order valence-electron chi connectivity index (χ4n) is 2.90. The molecule has 1 saturated heterocycles. The number of carbonyl (C=O) groups excluding carboxylic acids is 1. The lowest BCUT2D eigenvalue weighted by atomic mass is 9.99. The number of anilines is 2. The van der Waals surface area contributed by atoms with E-state index in [1.165, 1.54) is 12.4 Å². The minimum Gasteiger partial charge on any atom is -0.351 e. The Balaban J connectivity index is 1.80. The highest BCUT2D eigenvalue weighted by Crippen LogP contribution is 2.33. The van der Waals surface area contributed by atoms with Gasteiger partial charge in [-0.15, -0.1) is 0 Å². The zero-order valence-corrected chi connectivity index (χ0v) is 15.4. The van der Waals surface area contributed by atoms with E-state index >= 15 is 0 Å². The van der Waals surface area contributed by atoms with Crippen LogP contribution < -0.4 is 15.8 Å². The first-order valence-electron chi connectivity index (χ1n) is 8.52. The van der Waals surface area contributed by atoms with Gasteiger partial charge in [0.05, 0.1) is 4.92 Å². The van der Waals surface area contributed by atoms with Crippen LogP contribution in [0.2, 0.25) is 5.02 Å². The molecule has 1 aromatic carbocycles. The molecule has 0 unspecified atom stereocenters. The van der Waals surface area contributed by atoms with E-state index < -0.39 is 10.8 Å². The molecule has 1 aromatic heterocycles. The predicted molar refractivity (Wildman–Crippen MR) is 102 cm³/mol. The van der Waals surface area contributed by atoms with E-state index in [0.29, 0.717) is 29.6 Å². The van der Waals surface area contributed by atoms with Gasteiger partial charge >= 0.3 is 5.69 Å². The van der Waals surface area contributed by atoms with Crippen LogP contribution >= 0.6 is 11.6 Å². The maximum absolute atomic E-state index is 12.2. The quantitative estimate of drug-likeness (QED) is 0.595. The number of nitro groups is 1. The first-order valence-corrected chi connectivity index (χ1v) is 8.89. The van der Waals surface area contributed by atoms with E-state index in [-0.39, 0.29) is 17.3 Å². The topological polar surface area (TPSA) is 113 Å². The van der Waals surface area contributed by atoms with Crippen molar-refractivity contribution in [3.63, 3.8) is 0 Å². The van der Waals surface area contributed by atoms with Crippen molar-refractivity contribution in [1.29, 1.82) is 0 Å². The highest BCUT2D eigenvalue weighted by atomic mass is 35.5. The summed E-state index contributed by atoms with van der Waals surface area (Å²) in [6, 6.07) is 6.36. The van der Waals surface area contributed by atoms with E-state index in [2.05, 4.69) is 27.7 Å². The lowest BCUT2D eigenvalue weighted by molar-refractivity contribution is -0.383. The summed E-state index contributed by atoms with van der Waals surface area (Å²) in [5, 5.41) is 12.1. The van der Waals surface area contributed by atoms with Gasteiger partial charge in [0.15, 0.2) is 0 Å². The van der Waals surface area contributed by atoms with Gasteiger partial charge in [-0.1, -0.05) is 24.6 Å². The largest absolute Gasteiger partial charge is 0.355 e. The summed E-state index contributed by atoms with van der Waals surface area (Å²) in [6.07, 6.45) is 3.12. The van der Waals surface area contributed by atoms with Gasteiger partial charge in [-0.3, -0.25) is 25.8 Å². The maximum atomic E-state index is 12.2. The molecule has 2 N–H and O–H groups in total. The molecule has 0 atom stereocenters. The van der Waals surface area contributed by atoms with Crippen LogP contribution in [0.5, 0.6) is 0 Å². The molecule has 1 fully saturated rings. The molecule has 9 nitrogen and oxygen atoms in total. The van der Waals surface area contributed by atoms with E-state index in [9.17, 15) is 14.9 Å². The fraction of sp³-hybridized carbons (Fsp3) is 0.353. The molecule has 142 valence electrons. The lowest BCUT2D eigenvalue weighted by Gasteiger charge is -2.30. The molecule has 2 heterocycles. The third-order valence-electron chi connectivity index (χ3n) is 4.45. The summed E-state index contributed by atoms with van der Waals surface area (Å²) in [6.45, 7) is 3.53. The predicted octanol–water partition coefficient (Wildman–Crippen LogP) is 3.03. The molecule has 0 saturated carbocycles. The van der Waals surface area contributed by atoms with Gasteiger partial charge in [0.1, 0.15) is 6.33 Å². The molecule has 0 radical (unpaired) electrons. The van der Waals surface area contributed by atoms with Gasteiger partial charge in [0, 0.05) is 23.7 Å². The van der Waals surface area contributed by atoms with Crippen LogP contribution in [0.3, 0.4) is 0 Å². The van der Waals surface area contributed by atoms with Gasteiger partial charge in [-0.25, -0.2) is 9.97 Å². The summed E-state index contributed by atoms with van der Waals surface area (Å²) in [5.41, 5.74) is 5.00. The molecular weight excluding hydrogens is 372 g/mol. The van der Waals surface area contributed by atoms with Crippen LogP contribution in [-0.2, 0) is 0 Å². The number of nitrogens with zero attached hydrogens (tertiary/aromatic N) is 4. The second-order valence-electron chi connectivity index (χ2n) is 6.41. The average Bonchev–Trinajstić information content (AvgIpc) is 2.66. The van der Waals surface area contributed by atoms with Crippen LogP contribution in [-0.4, -0.2) is 33.9 Å². The summed E-state index contributed by atoms with van der Waals surface area (Å²) in [7, 11) is 0. The molecule has 0 aliphatic carbocycles. The summed E-state index contributed by atoms with van der Waals surface area (Å²) in [4.78, 5) is 33.2. The van der Waals surface area contributed by atoms with E-state index in [1.54, 1.807) is 18.2 Å². The SMILES string of the molecule is CC1CCN(c2ncnc(NNC(=O)c3cccc(Cl)c3)c2[N+](=O)[O-])CC1. The highest BCUT2D eigenvalue weighted by Gasteiger charge is 2.29. The minimum absolute atomic E-state index is 0.0704. The number of aromatic nitrogens is 2. The number of carbonyl (C=O) groups is 1. The molecule has 2 aromatic rings. The molecule has 1 aliphatic heterocycles. The molecular formula is C17H19ClN6O3. The maximum Gasteiger partial charge on any atom is 0.355 e. The van der Waals surface area contributed by atoms with Crippen LogP contribution in [0.15, 0.2) is 30.6 Å². The van der Waals surface area contributed by atoms with Crippen molar-refractivity contribution in [2.75, 3.05) is 23.4 Å². The van der Waals surface area contributed by atoms with Crippen LogP contribution in [0, 0.1) is 16.0 Å². The zero-order chi connectivity index (χ0) is 19.4. The number of halogens is 1. The zero-order valence-electron chi connectivity index (χ0n) is 14.7. The Morgan fingerprint density at radius 1 is 1.33 bits per heavy atom. The Morgan fingerprint density at radius 2 is 2.07 bits per heavy atom. The second kappa shape index (κ2) is 8.17. The van der Waals surface area contributed by atoms with Crippen molar-refractivity contribution in [1.82, 2.24) is 15.4 Å². The Labute approximate surface area is 160 Å². The number of hydrogen-bond acceptors (Lipinski definition) is 7. The second-order valence-corrected chi connectivity index (χ2v) is 6.85. The normalized spacial score (nSPS) is 14.7. The van der Waals surface area contributed by atoms with Gasteiger partial charge in [-0.2, -0.15) is 0 Å². The van der Waals surface area contributed by atoms with Crippen molar-refractivity contribution < 1.29 is 9.72 Å². The molecule has 1 aliphatic rings. The summed E-state index contributed by atoms with van der Waals surface area (Å²) < 4.78 is 0. The van der Waals surface area contributed by atoms with Gasteiger partial charge < -0.3 is 4.90 Å². The van der Waals surface area contributed by atoms with Crippen molar-refractivity contribution in [2.45, 2.75) is 19.8 Å². The van der Waals surface area contributed by atoms with E-state index in [1.807, 2.05) is 4.90 Å². The van der Waals surface area contributed by atoms with Gasteiger partial charge in [-0.05, 0) is 37.0 Å². The number of rotatable bonds is 5. The summed E-state index contributed by atoms with van der Waals surface area (Å²) in [5.74, 6) is 0.274. The van der Waals surface area contributed by atoms with Crippen molar-refractivity contribution in [2.24, 2.45) is 5.92 Å². The Morgan fingerprint density at radius 3 is 2.74 bits per heavy atom. The first kappa shape index (κ1) is 18.8. The Kier molecular flexibility index (Phi) is 5.70. The first-order chi connectivity index (χ1) is 13.0. The van der Waals surface area contributed by atoms with Crippen molar-refractivity contribution in [3.05, 3.63) is 51.3 Å². The minimum atomic E-state index is -0.540. The number of amides is 1. The molecule has 1 amide bonds. The summed E-state index contributed by atoms with van der Waals surface area (Å²) >= 11 is 5.87. The van der Waals surface area contributed by atoms with Crippen molar-refractivity contribution in [3.8, 4) is 0 Å². The lowest BCUT2D eigenvalue weighted by Crippen LogP contribution is -2.35. The molecule has 10 heteroatoms. The number of hydrogen-bond donors (Lipinski definition) is 2. The monoisotopic (exact) mass is 390 g/mol. The van der Waals surface area contributed by atoms with Crippen LogP contribution in [0.25, 0.3) is 0 Å². The van der Waals surface area contributed by atoms with Crippen LogP contribution in [0.1, 0.15) is 30.1 Å². The number of nitrogens with one attached hydrogen (secondary N) is 2. The number of piperidine rings is 1. The highest BCUT2D eigenvalue weighted by molar-refractivity contribution is 6.30. The average molecular weight is 391 g/mol. The molecule has 27 heavy (non-hydrogen) atoms. The standard InChI is InChI=1S/C17H19ClN6O3/c1-11-5-7-23(8-6-11)16-14(24(26)27)15(19-10-20-16)21-22-17(25)12-3-2-4-13(18)9-12/h2-4,9-11H,5-8H2,1H3,(H,22,25)(H,19,20,21). The van der Waals surface area contributed by atoms with E-state index in [4.69, 9.17) is 11.6 Å². The van der Waals surface area contributed by atoms with Crippen LogP contribution in [0.4, 0.5) is 17.3 Å². The molecule has 0 bridgehead atoms. The van der Waals surface area contributed by atoms with Gasteiger partial charge in [0.2, 0.25) is 11.6 Å². The number of benzene rings is 1. The van der Waals surface area contributed by atoms with Crippen molar-refractivity contribution >= 4 is 34.8 Å². The number of hydrazine groups is 1. The van der Waals surface area contributed by atoms with E-state index in [0.717, 1.165) is 12.8 Å². The molecule has 3 rings (SSSR count). The smallest absolute Gasteiger partial charge is 0.351 e. The Bertz CT molecular complexity index is 854. The third-order valence-corrected chi connectivity index (χ3v) is 4.69. The third kappa shape index (κ3) is 4.43. The van der Waals surface area contributed by atoms with Gasteiger partial charge in [0.25, 0.3) is 5.91 Å².